The number of ether oxygens (including phenoxy) is 1. The molecule has 1 saturated heterocycles. The lowest BCUT2D eigenvalue weighted by molar-refractivity contribution is 0.191. The topological polar surface area (TPSA) is 66.8 Å². The molecule has 1 aliphatic heterocycles. The smallest absolute Gasteiger partial charge is 0.243 e. The summed E-state index contributed by atoms with van der Waals surface area (Å²) in [6.07, 6.45) is 0.776. The standard InChI is InChI=1S/C15H23NO4S/c1-10-5-6-16(14(10)9-17)21(18,19)15-11(2)7-13(20-4)8-12(15)3/h7-8,10,14,17H,5-6,9H2,1-4H3. The number of aliphatic hydroxyl groups excluding tert-OH is 1. The van der Waals surface area contributed by atoms with Crippen molar-refractivity contribution >= 4 is 10.0 Å². The van der Waals surface area contributed by atoms with E-state index in [1.165, 1.54) is 4.31 Å². The number of sulfonamides is 1. The number of hydrogen-bond donors (Lipinski definition) is 1. The van der Waals surface area contributed by atoms with Gasteiger partial charge in [0, 0.05) is 6.54 Å². The Morgan fingerprint density at radius 2 is 1.90 bits per heavy atom. The van der Waals surface area contributed by atoms with Crippen molar-refractivity contribution < 1.29 is 18.3 Å². The van der Waals surface area contributed by atoms with Gasteiger partial charge in [0.15, 0.2) is 0 Å². The highest BCUT2D eigenvalue weighted by atomic mass is 32.2. The van der Waals surface area contributed by atoms with E-state index in [0.29, 0.717) is 28.3 Å². The molecule has 21 heavy (non-hydrogen) atoms. The summed E-state index contributed by atoms with van der Waals surface area (Å²) in [7, 11) is -2.04. The van der Waals surface area contributed by atoms with Gasteiger partial charge >= 0.3 is 0 Å². The number of hydrogen-bond acceptors (Lipinski definition) is 4. The van der Waals surface area contributed by atoms with Crippen molar-refractivity contribution in [1.82, 2.24) is 4.31 Å². The molecule has 1 fully saturated rings. The monoisotopic (exact) mass is 313 g/mol. The summed E-state index contributed by atoms with van der Waals surface area (Å²) in [4.78, 5) is 0.329. The fraction of sp³-hybridized carbons (Fsp3) is 0.600. The molecular weight excluding hydrogens is 290 g/mol. The molecule has 0 radical (unpaired) electrons. The zero-order chi connectivity index (χ0) is 15.8. The minimum Gasteiger partial charge on any atom is -0.497 e. The van der Waals surface area contributed by atoms with Crippen molar-refractivity contribution in [3.05, 3.63) is 23.3 Å². The summed E-state index contributed by atoms with van der Waals surface area (Å²) in [6.45, 7) is 5.84. The first-order chi connectivity index (χ1) is 9.82. The third kappa shape index (κ3) is 2.80. The van der Waals surface area contributed by atoms with E-state index in [9.17, 15) is 13.5 Å². The first-order valence-electron chi connectivity index (χ1n) is 7.10. The van der Waals surface area contributed by atoms with Crippen molar-refractivity contribution in [1.29, 1.82) is 0 Å². The lowest BCUT2D eigenvalue weighted by Gasteiger charge is -2.26. The Balaban J connectivity index is 2.50. The van der Waals surface area contributed by atoms with Crippen molar-refractivity contribution in [3.63, 3.8) is 0 Å². The molecule has 0 saturated carbocycles. The van der Waals surface area contributed by atoms with Gasteiger partial charge < -0.3 is 9.84 Å². The van der Waals surface area contributed by atoms with Crippen molar-refractivity contribution in [2.24, 2.45) is 5.92 Å². The second-order valence-corrected chi connectivity index (χ2v) is 7.55. The average Bonchev–Trinajstić information content (AvgIpc) is 2.79. The number of aryl methyl sites for hydroxylation is 2. The predicted molar refractivity (Wildman–Crippen MR) is 81.0 cm³/mol. The van der Waals surface area contributed by atoms with E-state index in [1.807, 2.05) is 6.92 Å². The number of aliphatic hydroxyl groups is 1. The highest BCUT2D eigenvalue weighted by Gasteiger charge is 2.40. The SMILES string of the molecule is COc1cc(C)c(S(=O)(=O)N2CCC(C)C2CO)c(C)c1. The molecule has 2 rings (SSSR count). The molecule has 6 heteroatoms. The van der Waals surface area contributed by atoms with Crippen LogP contribution in [0.5, 0.6) is 5.75 Å². The Hall–Kier alpha value is -1.11. The molecule has 0 aliphatic carbocycles. The highest BCUT2D eigenvalue weighted by molar-refractivity contribution is 7.89. The van der Waals surface area contributed by atoms with Crippen LogP contribution < -0.4 is 4.74 Å². The van der Waals surface area contributed by atoms with Gasteiger partial charge in [0.25, 0.3) is 0 Å². The molecule has 1 aromatic rings. The molecule has 1 heterocycles. The van der Waals surface area contributed by atoms with Gasteiger partial charge in [0.1, 0.15) is 5.75 Å². The molecule has 1 N–H and O–H groups in total. The van der Waals surface area contributed by atoms with E-state index >= 15 is 0 Å². The largest absolute Gasteiger partial charge is 0.497 e. The zero-order valence-electron chi connectivity index (χ0n) is 13.0. The van der Waals surface area contributed by atoms with Gasteiger partial charge in [-0.3, -0.25) is 0 Å². The summed E-state index contributed by atoms with van der Waals surface area (Å²) < 4.78 is 32.6. The van der Waals surface area contributed by atoms with E-state index in [-0.39, 0.29) is 18.6 Å². The summed E-state index contributed by atoms with van der Waals surface area (Å²) >= 11 is 0. The van der Waals surface area contributed by atoms with Gasteiger partial charge in [0.2, 0.25) is 10.0 Å². The normalized spacial score (nSPS) is 23.5. The van der Waals surface area contributed by atoms with Crippen LogP contribution in [0.1, 0.15) is 24.5 Å². The van der Waals surface area contributed by atoms with E-state index in [2.05, 4.69) is 0 Å². The fourth-order valence-corrected chi connectivity index (χ4v) is 5.24. The van der Waals surface area contributed by atoms with Crippen LogP contribution in [0.25, 0.3) is 0 Å². The van der Waals surface area contributed by atoms with Crippen molar-refractivity contribution in [2.45, 2.75) is 38.1 Å². The first-order valence-corrected chi connectivity index (χ1v) is 8.55. The van der Waals surface area contributed by atoms with Crippen LogP contribution in [0.4, 0.5) is 0 Å². The van der Waals surface area contributed by atoms with Crippen LogP contribution >= 0.6 is 0 Å². The summed E-state index contributed by atoms with van der Waals surface area (Å²) in [5.41, 5.74) is 1.34. The number of nitrogens with zero attached hydrogens (tertiary/aromatic N) is 1. The average molecular weight is 313 g/mol. The van der Waals surface area contributed by atoms with Gasteiger partial charge in [-0.25, -0.2) is 8.42 Å². The Kier molecular flexibility index (Phi) is 4.60. The molecule has 1 aliphatic rings. The van der Waals surface area contributed by atoms with Crippen LogP contribution in [-0.2, 0) is 10.0 Å². The second-order valence-electron chi connectivity index (χ2n) is 5.72. The number of rotatable bonds is 4. The van der Waals surface area contributed by atoms with Gasteiger partial charge in [-0.1, -0.05) is 6.92 Å². The number of methoxy groups -OCH3 is 1. The first kappa shape index (κ1) is 16.3. The molecule has 0 aromatic heterocycles. The van der Waals surface area contributed by atoms with Crippen LogP contribution in [0.15, 0.2) is 17.0 Å². The van der Waals surface area contributed by atoms with Crippen LogP contribution in [0, 0.1) is 19.8 Å². The maximum atomic E-state index is 13.0. The van der Waals surface area contributed by atoms with E-state index < -0.39 is 10.0 Å². The predicted octanol–water partition coefficient (Wildman–Crippen LogP) is 1.70. The van der Waals surface area contributed by atoms with Gasteiger partial charge in [0.05, 0.1) is 24.7 Å². The fourth-order valence-electron chi connectivity index (χ4n) is 3.09. The van der Waals surface area contributed by atoms with Crippen LogP contribution in [0.3, 0.4) is 0 Å². The summed E-state index contributed by atoms with van der Waals surface area (Å²) in [6, 6.07) is 3.12. The van der Waals surface area contributed by atoms with Gasteiger partial charge in [-0.05, 0) is 49.4 Å². The molecule has 2 atom stereocenters. The quantitative estimate of drug-likeness (QED) is 0.919. The summed E-state index contributed by atoms with van der Waals surface area (Å²) in [5, 5.41) is 9.51. The van der Waals surface area contributed by atoms with Gasteiger partial charge in [-0.15, -0.1) is 0 Å². The number of benzene rings is 1. The molecule has 0 amide bonds. The van der Waals surface area contributed by atoms with E-state index in [4.69, 9.17) is 4.74 Å². The zero-order valence-corrected chi connectivity index (χ0v) is 13.8. The third-order valence-electron chi connectivity index (χ3n) is 4.25. The van der Waals surface area contributed by atoms with Crippen LogP contribution in [0.2, 0.25) is 0 Å². The Morgan fingerprint density at radius 1 is 1.33 bits per heavy atom. The van der Waals surface area contributed by atoms with Crippen molar-refractivity contribution in [3.8, 4) is 5.75 Å². The van der Waals surface area contributed by atoms with E-state index in [0.717, 1.165) is 6.42 Å². The maximum Gasteiger partial charge on any atom is 0.243 e. The minimum absolute atomic E-state index is 0.144. The summed E-state index contributed by atoms with van der Waals surface area (Å²) in [5.74, 6) is 0.820. The Morgan fingerprint density at radius 3 is 2.38 bits per heavy atom. The molecule has 0 spiro atoms. The van der Waals surface area contributed by atoms with Gasteiger partial charge in [-0.2, -0.15) is 4.31 Å². The lowest BCUT2D eigenvalue weighted by atomic mass is 10.0. The molecule has 5 nitrogen and oxygen atoms in total. The molecule has 0 bridgehead atoms. The molecule has 2 unspecified atom stereocenters. The molecule has 118 valence electrons. The minimum atomic E-state index is -3.60. The molecular formula is C15H23NO4S. The lowest BCUT2D eigenvalue weighted by Crippen LogP contribution is -2.40. The second kappa shape index (κ2) is 5.94. The van der Waals surface area contributed by atoms with E-state index in [1.54, 1.807) is 33.1 Å². The van der Waals surface area contributed by atoms with Crippen LogP contribution in [-0.4, -0.2) is 44.1 Å². The van der Waals surface area contributed by atoms with Crippen molar-refractivity contribution in [2.75, 3.05) is 20.3 Å². The molecule has 1 aromatic carbocycles. The maximum absolute atomic E-state index is 13.0. The highest BCUT2D eigenvalue weighted by Crippen LogP contribution is 2.34. The Bertz CT molecular complexity index is 604. The third-order valence-corrected chi connectivity index (χ3v) is 6.49. The Labute approximate surface area is 126 Å².